The van der Waals surface area contributed by atoms with E-state index in [-0.39, 0.29) is 0 Å². The van der Waals surface area contributed by atoms with Gasteiger partial charge in [0.25, 0.3) is 0 Å². The Balaban J connectivity index is 1.30. The molecule has 0 saturated carbocycles. The van der Waals surface area contributed by atoms with Crippen LogP contribution in [0.5, 0.6) is 0 Å². The predicted octanol–water partition coefficient (Wildman–Crippen LogP) is 10.7. The first-order valence-electron chi connectivity index (χ1n) is 15.6. The quantitative estimate of drug-likeness (QED) is 0.196. The summed E-state index contributed by atoms with van der Waals surface area (Å²) in [6.07, 6.45) is 0. The zero-order chi connectivity index (χ0) is 31.2. The molecule has 0 aliphatic heterocycles. The van der Waals surface area contributed by atoms with Gasteiger partial charge in [-0.25, -0.2) is 19.9 Å². The third-order valence-electron chi connectivity index (χ3n) is 8.54. The Morgan fingerprint density at radius 3 is 1.60 bits per heavy atom. The normalized spacial score (nSPS) is 11.4. The number of aromatic nitrogens is 4. The van der Waals surface area contributed by atoms with Gasteiger partial charge in [-0.15, -0.1) is 0 Å². The molecule has 3 heterocycles. The first-order valence-corrected chi connectivity index (χ1v) is 15.6. The second kappa shape index (κ2) is 11.2. The summed E-state index contributed by atoms with van der Waals surface area (Å²) in [6, 6.07) is 53.3. The maximum Gasteiger partial charge on any atom is 0.164 e. The van der Waals surface area contributed by atoms with Crippen molar-refractivity contribution in [2.24, 2.45) is 0 Å². The van der Waals surface area contributed by atoms with E-state index < -0.39 is 0 Å². The fourth-order valence-corrected chi connectivity index (χ4v) is 6.28. The molecule has 0 atom stereocenters. The molecule has 3 aromatic heterocycles. The molecule has 0 aliphatic carbocycles. The molecule has 5 nitrogen and oxygen atoms in total. The lowest BCUT2D eigenvalue weighted by Crippen LogP contribution is -2.01. The minimum absolute atomic E-state index is 0.558. The summed E-state index contributed by atoms with van der Waals surface area (Å²) in [5.74, 6) is 1.76. The summed E-state index contributed by atoms with van der Waals surface area (Å²) in [6.45, 7) is 0. The van der Waals surface area contributed by atoms with Crippen molar-refractivity contribution < 1.29 is 4.42 Å². The molecular formula is C42H26N4O. The third kappa shape index (κ3) is 4.73. The highest BCUT2D eigenvalue weighted by Gasteiger charge is 2.22. The second-order valence-corrected chi connectivity index (χ2v) is 11.4. The van der Waals surface area contributed by atoms with Crippen LogP contribution in [0.2, 0.25) is 0 Å². The van der Waals surface area contributed by atoms with Crippen LogP contribution in [-0.2, 0) is 0 Å². The number of hydrogen-bond donors (Lipinski definition) is 0. The van der Waals surface area contributed by atoms with E-state index in [1.165, 1.54) is 0 Å². The standard InChI is InChI=1S/C42H26N4O/c1-4-13-27(14-5-1)28-23-25-31(26-24-28)41-44-40(30-17-8-3-9-18-30)45-42(46-41)33-20-12-21-34-36(33)39-37(32-19-10-11-22-35(32)47-39)38(43-34)29-15-6-2-7-16-29/h1-26H. The van der Waals surface area contributed by atoms with Crippen LogP contribution >= 0.6 is 0 Å². The van der Waals surface area contributed by atoms with E-state index in [2.05, 4.69) is 66.7 Å². The van der Waals surface area contributed by atoms with Crippen molar-refractivity contribution in [3.05, 3.63) is 158 Å². The van der Waals surface area contributed by atoms with Crippen LogP contribution in [0.3, 0.4) is 0 Å². The van der Waals surface area contributed by atoms with Gasteiger partial charge in [-0.3, -0.25) is 0 Å². The van der Waals surface area contributed by atoms with Crippen LogP contribution in [0, 0.1) is 0 Å². The molecule has 0 unspecified atom stereocenters. The number of pyridine rings is 1. The largest absolute Gasteiger partial charge is 0.455 e. The van der Waals surface area contributed by atoms with Gasteiger partial charge >= 0.3 is 0 Å². The van der Waals surface area contributed by atoms with Crippen molar-refractivity contribution >= 4 is 32.8 Å². The Bertz CT molecular complexity index is 2540. The summed E-state index contributed by atoms with van der Waals surface area (Å²) < 4.78 is 6.66. The van der Waals surface area contributed by atoms with Gasteiger partial charge in [0.05, 0.1) is 22.0 Å². The van der Waals surface area contributed by atoms with E-state index in [1.807, 2.05) is 91.0 Å². The van der Waals surface area contributed by atoms with Gasteiger partial charge < -0.3 is 4.42 Å². The zero-order valence-electron chi connectivity index (χ0n) is 25.2. The van der Waals surface area contributed by atoms with E-state index in [9.17, 15) is 0 Å². The van der Waals surface area contributed by atoms with E-state index in [1.54, 1.807) is 0 Å². The fourth-order valence-electron chi connectivity index (χ4n) is 6.28. The number of nitrogens with zero attached hydrogens (tertiary/aromatic N) is 4. The number of furan rings is 1. The average molecular weight is 603 g/mol. The Morgan fingerprint density at radius 1 is 0.362 bits per heavy atom. The van der Waals surface area contributed by atoms with Gasteiger partial charge in [-0.05, 0) is 23.3 Å². The van der Waals surface area contributed by atoms with E-state index in [0.29, 0.717) is 17.5 Å². The van der Waals surface area contributed by atoms with Crippen molar-refractivity contribution in [2.45, 2.75) is 0 Å². The number of hydrogen-bond acceptors (Lipinski definition) is 5. The van der Waals surface area contributed by atoms with Crippen LogP contribution in [0.1, 0.15) is 0 Å². The summed E-state index contributed by atoms with van der Waals surface area (Å²) in [5, 5.41) is 2.86. The molecule has 6 aromatic carbocycles. The SMILES string of the molecule is c1ccc(-c2ccc(-c3nc(-c4ccccc4)nc(-c4cccc5nc(-c6ccccc6)c6c7ccccc7oc6c45)n3)cc2)cc1. The highest BCUT2D eigenvalue weighted by molar-refractivity contribution is 6.21. The Labute approximate surface area is 270 Å². The molecule has 5 heteroatoms. The van der Waals surface area contributed by atoms with Gasteiger partial charge in [0.1, 0.15) is 11.2 Å². The van der Waals surface area contributed by atoms with Crippen LogP contribution in [0.25, 0.3) is 89.4 Å². The van der Waals surface area contributed by atoms with Crippen LogP contribution in [0.15, 0.2) is 162 Å². The van der Waals surface area contributed by atoms with Crippen molar-refractivity contribution in [2.75, 3.05) is 0 Å². The smallest absolute Gasteiger partial charge is 0.164 e. The van der Waals surface area contributed by atoms with Crippen molar-refractivity contribution in [3.63, 3.8) is 0 Å². The predicted molar refractivity (Wildman–Crippen MR) is 190 cm³/mol. The number of para-hydroxylation sites is 1. The maximum absolute atomic E-state index is 6.66. The topological polar surface area (TPSA) is 64.7 Å². The summed E-state index contributed by atoms with van der Waals surface area (Å²) in [5.41, 5.74) is 9.25. The summed E-state index contributed by atoms with van der Waals surface area (Å²) in [7, 11) is 0. The highest BCUT2D eigenvalue weighted by atomic mass is 16.3. The molecule has 0 amide bonds. The molecule has 0 radical (unpaired) electrons. The highest BCUT2D eigenvalue weighted by Crippen LogP contribution is 2.42. The monoisotopic (exact) mass is 602 g/mol. The molecule has 0 N–H and O–H groups in total. The lowest BCUT2D eigenvalue weighted by Gasteiger charge is -2.12. The summed E-state index contributed by atoms with van der Waals surface area (Å²) in [4.78, 5) is 20.4. The molecule has 0 aliphatic rings. The molecule has 9 rings (SSSR count). The lowest BCUT2D eigenvalue weighted by atomic mass is 9.99. The Kier molecular flexibility index (Phi) is 6.39. The number of fused-ring (bicyclic) bond motifs is 5. The van der Waals surface area contributed by atoms with Gasteiger partial charge in [0.2, 0.25) is 0 Å². The van der Waals surface area contributed by atoms with Gasteiger partial charge in [-0.2, -0.15) is 0 Å². The molecule has 220 valence electrons. The van der Waals surface area contributed by atoms with Crippen molar-refractivity contribution in [1.82, 2.24) is 19.9 Å². The number of rotatable bonds is 5. The third-order valence-corrected chi connectivity index (χ3v) is 8.54. The minimum atomic E-state index is 0.558. The number of benzene rings is 6. The Hall–Kier alpha value is -6.46. The average Bonchev–Trinajstić information content (AvgIpc) is 3.55. The zero-order valence-corrected chi connectivity index (χ0v) is 25.2. The minimum Gasteiger partial charge on any atom is -0.455 e. The molecule has 0 saturated heterocycles. The molecule has 9 aromatic rings. The van der Waals surface area contributed by atoms with Crippen LogP contribution in [-0.4, -0.2) is 19.9 Å². The molecule has 0 bridgehead atoms. The first kappa shape index (κ1) is 26.9. The maximum atomic E-state index is 6.66. The fraction of sp³-hybridized carbons (Fsp3) is 0. The molecule has 0 fully saturated rings. The van der Waals surface area contributed by atoms with Crippen LogP contribution in [0.4, 0.5) is 0 Å². The first-order chi connectivity index (χ1) is 23.3. The van der Waals surface area contributed by atoms with Gasteiger partial charge in [0.15, 0.2) is 17.5 Å². The van der Waals surface area contributed by atoms with Crippen molar-refractivity contribution in [3.8, 4) is 56.5 Å². The van der Waals surface area contributed by atoms with Gasteiger partial charge in [-0.1, -0.05) is 146 Å². The van der Waals surface area contributed by atoms with E-state index >= 15 is 0 Å². The van der Waals surface area contributed by atoms with Crippen LogP contribution < -0.4 is 0 Å². The molecule has 0 spiro atoms. The molecule has 47 heavy (non-hydrogen) atoms. The van der Waals surface area contributed by atoms with E-state index in [4.69, 9.17) is 24.4 Å². The van der Waals surface area contributed by atoms with E-state index in [0.717, 1.165) is 71.9 Å². The Morgan fingerprint density at radius 2 is 0.894 bits per heavy atom. The second-order valence-electron chi connectivity index (χ2n) is 11.4. The van der Waals surface area contributed by atoms with Gasteiger partial charge in [0, 0.05) is 27.6 Å². The van der Waals surface area contributed by atoms with Crippen molar-refractivity contribution in [1.29, 1.82) is 0 Å². The summed E-state index contributed by atoms with van der Waals surface area (Å²) >= 11 is 0. The lowest BCUT2D eigenvalue weighted by molar-refractivity contribution is 0.672. The molecular weight excluding hydrogens is 576 g/mol.